The third kappa shape index (κ3) is 4.32. The summed E-state index contributed by atoms with van der Waals surface area (Å²) in [7, 11) is 0. The molecular formula is C9H19N3OS. The second-order valence-corrected chi connectivity index (χ2v) is 4.19. The minimum absolute atomic E-state index is 0.245. The summed E-state index contributed by atoms with van der Waals surface area (Å²) >= 11 is 4.88. The lowest BCUT2D eigenvalue weighted by Gasteiger charge is -2.20. The first kappa shape index (κ1) is 11.8. The number of rotatable bonds is 4. The molecule has 0 atom stereocenters. The second kappa shape index (κ2) is 6.29. The zero-order chi connectivity index (χ0) is 10.4. The predicted octanol–water partition coefficient (Wildman–Crippen LogP) is -0.727. The standard InChI is InChI=1S/C9H19N3OS/c10-9(14)8-12-3-1-2-11(4-5-12)6-7-13/h13H,1-8H2,(H2,10,14). The summed E-state index contributed by atoms with van der Waals surface area (Å²) < 4.78 is 0. The molecule has 82 valence electrons. The van der Waals surface area contributed by atoms with Gasteiger partial charge in [-0.3, -0.25) is 9.80 Å². The highest BCUT2D eigenvalue weighted by molar-refractivity contribution is 7.80. The van der Waals surface area contributed by atoms with E-state index in [4.69, 9.17) is 23.1 Å². The number of β-amino-alcohol motifs (C(OH)–C–C–N with tert-alkyl or cyclic N) is 1. The molecule has 0 radical (unpaired) electrons. The van der Waals surface area contributed by atoms with E-state index in [0.717, 1.165) is 45.7 Å². The van der Waals surface area contributed by atoms with Crippen molar-refractivity contribution < 1.29 is 5.11 Å². The largest absolute Gasteiger partial charge is 0.395 e. The molecule has 1 heterocycles. The van der Waals surface area contributed by atoms with Crippen LogP contribution in [0, 0.1) is 0 Å². The van der Waals surface area contributed by atoms with Crippen molar-refractivity contribution in [2.24, 2.45) is 5.73 Å². The fraction of sp³-hybridized carbons (Fsp3) is 0.889. The van der Waals surface area contributed by atoms with Crippen LogP contribution in [-0.4, -0.2) is 65.8 Å². The Morgan fingerprint density at radius 2 is 1.86 bits per heavy atom. The topological polar surface area (TPSA) is 52.7 Å². The summed E-state index contributed by atoms with van der Waals surface area (Å²) in [6.07, 6.45) is 1.13. The lowest BCUT2D eigenvalue weighted by atomic mass is 10.4. The number of thiocarbonyl (C=S) groups is 1. The summed E-state index contributed by atoms with van der Waals surface area (Å²) in [6, 6.07) is 0. The highest BCUT2D eigenvalue weighted by Crippen LogP contribution is 2.02. The van der Waals surface area contributed by atoms with Crippen LogP contribution in [-0.2, 0) is 0 Å². The van der Waals surface area contributed by atoms with Gasteiger partial charge in [0.15, 0.2) is 0 Å². The third-order valence-electron chi connectivity index (χ3n) is 2.48. The Balaban J connectivity index is 2.29. The predicted molar refractivity (Wildman–Crippen MR) is 61.4 cm³/mol. The maximum absolute atomic E-state index is 8.83. The Morgan fingerprint density at radius 3 is 2.50 bits per heavy atom. The van der Waals surface area contributed by atoms with E-state index in [2.05, 4.69) is 9.80 Å². The minimum Gasteiger partial charge on any atom is -0.395 e. The van der Waals surface area contributed by atoms with Gasteiger partial charge in [0.1, 0.15) is 0 Å². The van der Waals surface area contributed by atoms with E-state index in [1.807, 2.05) is 0 Å². The molecule has 4 nitrogen and oxygen atoms in total. The fourth-order valence-corrected chi connectivity index (χ4v) is 1.95. The van der Waals surface area contributed by atoms with Crippen molar-refractivity contribution in [2.45, 2.75) is 6.42 Å². The van der Waals surface area contributed by atoms with E-state index in [0.29, 0.717) is 4.99 Å². The molecule has 0 aromatic carbocycles. The number of hydrogen-bond donors (Lipinski definition) is 2. The zero-order valence-corrected chi connectivity index (χ0v) is 9.30. The van der Waals surface area contributed by atoms with Crippen LogP contribution in [0.4, 0.5) is 0 Å². The molecule has 5 heteroatoms. The average molecular weight is 217 g/mol. The highest BCUT2D eigenvalue weighted by atomic mass is 32.1. The van der Waals surface area contributed by atoms with Gasteiger partial charge >= 0.3 is 0 Å². The molecule has 0 aromatic heterocycles. The van der Waals surface area contributed by atoms with Crippen LogP contribution in [0.3, 0.4) is 0 Å². The van der Waals surface area contributed by atoms with Crippen LogP contribution in [0.15, 0.2) is 0 Å². The van der Waals surface area contributed by atoms with Gasteiger partial charge in [-0.25, -0.2) is 0 Å². The Morgan fingerprint density at radius 1 is 1.21 bits per heavy atom. The van der Waals surface area contributed by atoms with Crippen LogP contribution >= 0.6 is 12.2 Å². The monoisotopic (exact) mass is 217 g/mol. The molecule has 3 N–H and O–H groups in total. The highest BCUT2D eigenvalue weighted by Gasteiger charge is 2.14. The van der Waals surface area contributed by atoms with Gasteiger partial charge in [0.05, 0.1) is 11.6 Å². The fourth-order valence-electron chi connectivity index (χ4n) is 1.77. The number of aliphatic hydroxyl groups is 1. The van der Waals surface area contributed by atoms with E-state index >= 15 is 0 Å². The summed E-state index contributed by atoms with van der Waals surface area (Å²) in [5.41, 5.74) is 5.50. The van der Waals surface area contributed by atoms with Crippen LogP contribution < -0.4 is 5.73 Å². The van der Waals surface area contributed by atoms with Gasteiger partial charge < -0.3 is 10.8 Å². The Kier molecular flexibility index (Phi) is 5.32. The Labute approximate surface area is 90.7 Å². The van der Waals surface area contributed by atoms with Gasteiger partial charge in [0.2, 0.25) is 0 Å². The molecule has 0 unspecified atom stereocenters. The third-order valence-corrected chi connectivity index (χ3v) is 2.61. The number of hydrogen-bond acceptors (Lipinski definition) is 4. The van der Waals surface area contributed by atoms with Crippen LogP contribution in [0.2, 0.25) is 0 Å². The molecule has 1 aliphatic heterocycles. The first-order chi connectivity index (χ1) is 6.72. The van der Waals surface area contributed by atoms with Gasteiger partial charge in [0, 0.05) is 26.2 Å². The van der Waals surface area contributed by atoms with Gasteiger partial charge in [-0.1, -0.05) is 12.2 Å². The van der Waals surface area contributed by atoms with Crippen molar-refractivity contribution >= 4 is 17.2 Å². The Hall–Kier alpha value is -0.230. The lowest BCUT2D eigenvalue weighted by molar-refractivity contribution is 0.199. The summed E-state index contributed by atoms with van der Waals surface area (Å²) in [5.74, 6) is 0. The van der Waals surface area contributed by atoms with Crippen molar-refractivity contribution in [3.8, 4) is 0 Å². The lowest BCUT2D eigenvalue weighted by Crippen LogP contribution is -2.36. The normalized spacial score (nSPS) is 20.6. The minimum atomic E-state index is 0.245. The molecule has 1 saturated heterocycles. The van der Waals surface area contributed by atoms with Crippen molar-refractivity contribution in [1.29, 1.82) is 0 Å². The summed E-state index contributed by atoms with van der Waals surface area (Å²) in [4.78, 5) is 5.12. The van der Waals surface area contributed by atoms with Crippen molar-refractivity contribution in [3.05, 3.63) is 0 Å². The average Bonchev–Trinajstić information content (AvgIpc) is 2.31. The van der Waals surface area contributed by atoms with E-state index in [1.165, 1.54) is 0 Å². The molecule has 1 fully saturated rings. The zero-order valence-electron chi connectivity index (χ0n) is 8.48. The van der Waals surface area contributed by atoms with Gasteiger partial charge in [-0.2, -0.15) is 0 Å². The molecule has 1 aliphatic rings. The van der Waals surface area contributed by atoms with Gasteiger partial charge in [-0.05, 0) is 19.5 Å². The van der Waals surface area contributed by atoms with Crippen molar-refractivity contribution in [2.75, 3.05) is 45.9 Å². The van der Waals surface area contributed by atoms with Crippen molar-refractivity contribution in [3.63, 3.8) is 0 Å². The quantitative estimate of drug-likeness (QED) is 0.608. The summed E-state index contributed by atoms with van der Waals surface area (Å²) in [6.45, 7) is 5.87. The molecule has 14 heavy (non-hydrogen) atoms. The number of nitrogens with zero attached hydrogens (tertiary/aromatic N) is 2. The molecule has 0 spiro atoms. The molecule has 0 amide bonds. The van der Waals surface area contributed by atoms with Crippen LogP contribution in [0.5, 0.6) is 0 Å². The second-order valence-electron chi connectivity index (χ2n) is 3.66. The van der Waals surface area contributed by atoms with Crippen LogP contribution in [0.25, 0.3) is 0 Å². The number of aliphatic hydroxyl groups excluding tert-OH is 1. The summed E-state index contributed by atoms with van der Waals surface area (Å²) in [5, 5.41) is 8.83. The molecular weight excluding hydrogens is 198 g/mol. The van der Waals surface area contributed by atoms with E-state index in [1.54, 1.807) is 0 Å². The van der Waals surface area contributed by atoms with Gasteiger partial charge in [-0.15, -0.1) is 0 Å². The maximum atomic E-state index is 8.83. The maximum Gasteiger partial charge on any atom is 0.0870 e. The van der Waals surface area contributed by atoms with E-state index in [9.17, 15) is 0 Å². The molecule has 0 aromatic rings. The smallest absolute Gasteiger partial charge is 0.0870 e. The molecule has 0 saturated carbocycles. The van der Waals surface area contributed by atoms with Crippen LogP contribution in [0.1, 0.15) is 6.42 Å². The molecule has 0 bridgehead atoms. The number of nitrogens with two attached hydrogens (primary N) is 1. The first-order valence-corrected chi connectivity index (χ1v) is 5.47. The Bertz CT molecular complexity index is 189. The molecule has 1 rings (SSSR count). The van der Waals surface area contributed by atoms with Gasteiger partial charge in [0.25, 0.3) is 0 Å². The SMILES string of the molecule is NC(=S)CN1CCCN(CCO)CC1. The molecule has 0 aliphatic carbocycles. The van der Waals surface area contributed by atoms with E-state index < -0.39 is 0 Å². The van der Waals surface area contributed by atoms with Crippen molar-refractivity contribution in [1.82, 2.24) is 9.80 Å². The first-order valence-electron chi connectivity index (χ1n) is 5.06. The van der Waals surface area contributed by atoms with E-state index in [-0.39, 0.29) is 6.61 Å².